The highest BCUT2D eigenvalue weighted by Gasteiger charge is 2.85. The van der Waals surface area contributed by atoms with E-state index >= 15 is 8.78 Å². The molecule has 8 rings (SSSR count). The predicted molar refractivity (Wildman–Crippen MR) is 200 cm³/mol. The van der Waals surface area contributed by atoms with Crippen molar-refractivity contribution in [2.75, 3.05) is 37.7 Å². The first kappa shape index (κ1) is 43.4. The lowest BCUT2D eigenvalue weighted by molar-refractivity contribution is -0.667. The minimum Gasteiger partial charge on any atom is -0.508 e. The third-order valence-electron chi connectivity index (χ3n) is 13.3. The minimum atomic E-state index is -6.85. The van der Waals surface area contributed by atoms with E-state index in [0.717, 1.165) is 12.8 Å². The Kier molecular flexibility index (Phi) is 10.8. The number of pyridine rings is 1. The number of hydrogen-bond acceptors (Lipinski definition) is 8. The third-order valence-corrected chi connectivity index (χ3v) is 13.3. The van der Waals surface area contributed by atoms with Gasteiger partial charge in [-0.3, -0.25) is 4.90 Å². The van der Waals surface area contributed by atoms with E-state index in [-0.39, 0.29) is 72.2 Å². The average Bonchev–Trinajstić information content (AvgIpc) is 3.74. The van der Waals surface area contributed by atoms with Crippen LogP contribution in [-0.2, 0) is 18.2 Å². The molecule has 3 fully saturated rings. The molecule has 9 nitrogen and oxygen atoms in total. The van der Waals surface area contributed by atoms with Crippen molar-refractivity contribution in [2.24, 2.45) is 7.05 Å². The minimum absolute atomic E-state index is 0.0170. The maximum atomic E-state index is 17.6. The van der Waals surface area contributed by atoms with Crippen molar-refractivity contribution >= 4 is 27.5 Å². The summed E-state index contributed by atoms with van der Waals surface area (Å²) in [5.41, 5.74) is -6.41. The Balaban J connectivity index is 1.21. The van der Waals surface area contributed by atoms with Gasteiger partial charge < -0.3 is 24.8 Å². The Morgan fingerprint density at radius 1 is 0.951 bits per heavy atom. The van der Waals surface area contributed by atoms with Crippen molar-refractivity contribution in [3.63, 3.8) is 0 Å². The number of aromatic hydroxyl groups is 1. The Labute approximate surface area is 342 Å². The smallest absolute Gasteiger partial charge is 0.435 e. The fourth-order valence-electron chi connectivity index (χ4n) is 10.2. The third kappa shape index (κ3) is 6.98. The number of nitrogens with one attached hydrogen (secondary N) is 1. The molecular formula is C41H44F11N6O3+. The molecule has 0 bridgehead atoms. The predicted octanol–water partition coefficient (Wildman–Crippen LogP) is 8.28. The van der Waals surface area contributed by atoms with E-state index in [0.29, 0.717) is 66.4 Å². The number of alkyl halides is 9. The zero-order valence-electron chi connectivity index (χ0n) is 33.4. The molecule has 20 heteroatoms. The van der Waals surface area contributed by atoms with Crippen molar-refractivity contribution in [3.05, 3.63) is 47.2 Å². The number of phenolic OH excluding ortho intramolecular Hbond substituents is 1. The summed E-state index contributed by atoms with van der Waals surface area (Å²) in [5, 5.41) is 15.6. The van der Waals surface area contributed by atoms with Crippen LogP contribution in [0.15, 0.2) is 24.3 Å². The van der Waals surface area contributed by atoms with Crippen LogP contribution in [0.4, 0.5) is 54.1 Å². The van der Waals surface area contributed by atoms with Gasteiger partial charge >= 0.3 is 30.1 Å². The van der Waals surface area contributed by atoms with Crippen LogP contribution in [0.2, 0.25) is 0 Å². The fourth-order valence-corrected chi connectivity index (χ4v) is 10.2. The van der Waals surface area contributed by atoms with E-state index in [1.54, 1.807) is 18.5 Å². The number of fused-ring (bicyclic) bond motifs is 4. The average molecular weight is 878 g/mol. The molecule has 4 aliphatic heterocycles. The number of phenols is 1. The van der Waals surface area contributed by atoms with Crippen LogP contribution in [0.5, 0.6) is 11.8 Å². The number of piperazine rings is 1. The van der Waals surface area contributed by atoms with Crippen LogP contribution >= 0.6 is 0 Å². The zero-order valence-corrected chi connectivity index (χ0v) is 33.4. The molecule has 4 atom stereocenters. The number of aryl methyl sites for hydroxylation is 2. The summed E-state index contributed by atoms with van der Waals surface area (Å²) >= 11 is 0. The summed E-state index contributed by atoms with van der Waals surface area (Å²) in [6, 6.07) is 4.06. The molecule has 0 spiro atoms. The SMILES string of the molecule is CC[C@@H]1CN2c3nc(OC[C@@]45CCCN4[C@H](COC(C(F)(F)F)(C(F)(F)F)C(F)(F)F)CC5)nc4c(F)c(-c5cc(O)cc6ccc(F)c(C)c56)[n+](C)c(c34)CCC[C@@H]2CN1. The second-order valence-corrected chi connectivity index (χ2v) is 16.7. The Morgan fingerprint density at radius 3 is 2.36 bits per heavy atom. The molecular weight excluding hydrogens is 833 g/mol. The van der Waals surface area contributed by atoms with Gasteiger partial charge in [-0.25, -0.2) is 4.39 Å². The molecule has 4 aromatic rings. The highest BCUT2D eigenvalue weighted by Crippen LogP contribution is 2.55. The van der Waals surface area contributed by atoms with Gasteiger partial charge in [0.05, 0.1) is 17.7 Å². The lowest BCUT2D eigenvalue weighted by Crippen LogP contribution is -2.68. The van der Waals surface area contributed by atoms with Crippen LogP contribution in [-0.4, -0.2) is 101 Å². The lowest BCUT2D eigenvalue weighted by atomic mass is 9.93. The maximum Gasteiger partial charge on any atom is 0.435 e. The zero-order chi connectivity index (χ0) is 44.0. The van der Waals surface area contributed by atoms with Gasteiger partial charge in [0, 0.05) is 43.0 Å². The summed E-state index contributed by atoms with van der Waals surface area (Å²) in [6.07, 6.45) is -17.1. The van der Waals surface area contributed by atoms with Crippen molar-refractivity contribution in [1.82, 2.24) is 20.2 Å². The van der Waals surface area contributed by atoms with Crippen molar-refractivity contribution in [1.29, 1.82) is 0 Å². The largest absolute Gasteiger partial charge is 0.508 e. The molecule has 6 heterocycles. The first-order valence-corrected chi connectivity index (χ1v) is 20.2. The number of anilines is 1. The molecule has 0 unspecified atom stereocenters. The van der Waals surface area contributed by atoms with Crippen molar-refractivity contribution in [2.45, 2.75) is 113 Å². The van der Waals surface area contributed by atoms with E-state index in [4.69, 9.17) is 9.72 Å². The van der Waals surface area contributed by atoms with Crippen molar-refractivity contribution in [3.8, 4) is 23.0 Å². The van der Waals surface area contributed by atoms with Gasteiger partial charge in [0.25, 0.3) is 5.69 Å². The number of halogens is 11. The van der Waals surface area contributed by atoms with E-state index < -0.39 is 54.0 Å². The maximum absolute atomic E-state index is 17.6. The van der Waals surface area contributed by atoms with E-state index in [1.165, 1.54) is 29.2 Å². The van der Waals surface area contributed by atoms with E-state index in [1.807, 2.05) is 6.92 Å². The van der Waals surface area contributed by atoms with Gasteiger partial charge in [0.2, 0.25) is 5.82 Å². The molecule has 2 aromatic carbocycles. The first-order chi connectivity index (χ1) is 28.6. The Bertz CT molecular complexity index is 2320. The van der Waals surface area contributed by atoms with E-state index in [2.05, 4.69) is 19.9 Å². The number of ether oxygens (including phenoxy) is 2. The topological polar surface area (TPSA) is 86.9 Å². The number of benzene rings is 2. The summed E-state index contributed by atoms with van der Waals surface area (Å²) in [4.78, 5) is 13.1. The number of nitrogens with zero attached hydrogens (tertiary/aromatic N) is 5. The monoisotopic (exact) mass is 877 g/mol. The number of aromatic nitrogens is 3. The summed E-state index contributed by atoms with van der Waals surface area (Å²) in [6.45, 7) is 3.05. The molecule has 2 N–H and O–H groups in total. The van der Waals surface area contributed by atoms with Crippen LogP contribution in [0.3, 0.4) is 0 Å². The Hall–Kier alpha value is -4.30. The second-order valence-electron chi connectivity index (χ2n) is 16.7. The summed E-state index contributed by atoms with van der Waals surface area (Å²) in [7, 11) is 1.69. The molecule has 61 heavy (non-hydrogen) atoms. The van der Waals surface area contributed by atoms with Gasteiger partial charge in [-0.2, -0.15) is 58.4 Å². The van der Waals surface area contributed by atoms with Crippen LogP contribution < -0.4 is 19.5 Å². The number of hydrogen-bond donors (Lipinski definition) is 2. The highest BCUT2D eigenvalue weighted by atomic mass is 19.4. The molecule has 0 aliphatic carbocycles. The van der Waals surface area contributed by atoms with Gasteiger partial charge in [0.15, 0.2) is 11.5 Å². The van der Waals surface area contributed by atoms with Gasteiger partial charge in [-0.15, -0.1) is 0 Å². The molecule has 0 saturated carbocycles. The summed E-state index contributed by atoms with van der Waals surface area (Å²) < 4.78 is 168. The molecule has 0 radical (unpaired) electrons. The summed E-state index contributed by atoms with van der Waals surface area (Å²) in [5.74, 6) is -1.13. The first-order valence-electron chi connectivity index (χ1n) is 20.2. The molecule has 332 valence electrons. The van der Waals surface area contributed by atoms with Gasteiger partial charge in [-0.05, 0) is 87.6 Å². The Morgan fingerprint density at radius 2 is 1.67 bits per heavy atom. The highest BCUT2D eigenvalue weighted by molar-refractivity contribution is 6.01. The molecule has 3 saturated heterocycles. The molecule has 2 aromatic heterocycles. The van der Waals surface area contributed by atoms with Crippen LogP contribution in [0, 0.1) is 18.6 Å². The van der Waals surface area contributed by atoms with E-state index in [9.17, 15) is 44.6 Å². The molecule has 4 aliphatic rings. The van der Waals surface area contributed by atoms with Crippen molar-refractivity contribution < 1.29 is 67.4 Å². The van der Waals surface area contributed by atoms with Crippen LogP contribution in [0.1, 0.15) is 63.1 Å². The quantitative estimate of drug-likeness (QED) is 0.135. The fraction of sp³-hybridized carbons (Fsp3) is 0.585. The normalized spacial score (nSPS) is 24.0. The number of rotatable bonds is 8. The lowest BCUT2D eigenvalue weighted by Gasteiger charge is -2.42. The van der Waals surface area contributed by atoms with Gasteiger partial charge in [0.1, 0.15) is 36.1 Å². The van der Waals surface area contributed by atoms with Gasteiger partial charge in [-0.1, -0.05) is 13.0 Å². The standard InChI is InChI=1S/C41H43F11N6O3/c1-4-23-18-57-24(17-53-23)7-5-8-29-31-33(32(43)34(56(29)3)27-16-26(59)15-22-9-10-28(42)21(2)30(22)27)54-36(55-35(31)57)60-20-37-12-6-14-58(37)25(11-13-37)19-61-38(39(44,45)46,40(47,48)49)41(50,51)52/h9-10,15-16,23-25,53H,4-8,11-14,17-20H2,1-3H3/p+1/t23-,24-,25+,37+/m1/s1. The molecule has 0 amide bonds. The van der Waals surface area contributed by atoms with Crippen LogP contribution in [0.25, 0.3) is 32.9 Å². The second kappa shape index (κ2) is 15.2.